The number of hydrogen-bond acceptors (Lipinski definition) is 4. The molecule has 1 aliphatic heterocycles. The molecule has 0 aromatic carbocycles. The van der Waals surface area contributed by atoms with E-state index in [0.717, 1.165) is 35.7 Å². The summed E-state index contributed by atoms with van der Waals surface area (Å²) in [4.78, 5) is 37.9. The summed E-state index contributed by atoms with van der Waals surface area (Å²) >= 11 is 1.62. The summed E-state index contributed by atoms with van der Waals surface area (Å²) in [5, 5.41) is 7.69. The molecular weight excluding hydrogens is 328 g/mol. The number of hydrogen-bond donors (Lipinski definition) is 3. The minimum atomic E-state index is -0.807. The van der Waals surface area contributed by atoms with E-state index in [-0.39, 0.29) is 18.4 Å². The minimum Gasteiger partial charge on any atom is -0.326 e. The molecule has 1 aliphatic carbocycles. The fourth-order valence-electron chi connectivity index (χ4n) is 3.46. The van der Waals surface area contributed by atoms with Gasteiger partial charge >= 0.3 is 6.03 Å². The number of likely N-dealkylation sites (N-methyl/N-ethyl adjacent to an activating group) is 1. The first-order chi connectivity index (χ1) is 11.5. The average molecular weight is 351 g/mol. The van der Waals surface area contributed by atoms with Gasteiger partial charge in [-0.15, -0.1) is 0 Å². The van der Waals surface area contributed by atoms with Gasteiger partial charge in [-0.3, -0.25) is 15.0 Å². The molecule has 1 aromatic heterocycles. The summed E-state index contributed by atoms with van der Waals surface area (Å²) in [6.45, 7) is 0.918. The Bertz CT molecular complexity index is 625. The molecule has 130 valence electrons. The summed E-state index contributed by atoms with van der Waals surface area (Å²) in [6.07, 6.45) is 4.21. The highest BCUT2D eigenvalue weighted by atomic mass is 32.1. The number of nitrogens with one attached hydrogen (secondary N) is 3. The molecule has 1 saturated heterocycles. The SMILES string of the molecule is C[NH+](CC(=O)NN1C(=O)NC2(CCCCC2)C1=O)Cc1ccsc1. The Morgan fingerprint density at radius 3 is 2.79 bits per heavy atom. The van der Waals surface area contributed by atoms with E-state index in [1.54, 1.807) is 11.3 Å². The molecule has 1 unspecified atom stereocenters. The van der Waals surface area contributed by atoms with E-state index >= 15 is 0 Å². The molecule has 0 bridgehead atoms. The molecule has 2 heterocycles. The fraction of sp³-hybridized carbons (Fsp3) is 0.562. The first kappa shape index (κ1) is 16.9. The number of hydrazine groups is 1. The predicted molar refractivity (Wildman–Crippen MR) is 89.1 cm³/mol. The van der Waals surface area contributed by atoms with Gasteiger partial charge in [0, 0.05) is 5.56 Å². The van der Waals surface area contributed by atoms with Crippen molar-refractivity contribution in [2.24, 2.45) is 0 Å². The first-order valence-electron chi connectivity index (χ1n) is 8.29. The van der Waals surface area contributed by atoms with Crippen molar-refractivity contribution >= 4 is 29.2 Å². The van der Waals surface area contributed by atoms with Crippen LogP contribution >= 0.6 is 11.3 Å². The lowest BCUT2D eigenvalue weighted by Crippen LogP contribution is -3.09. The van der Waals surface area contributed by atoms with Crippen LogP contribution in [-0.2, 0) is 16.1 Å². The predicted octanol–water partition coefficient (Wildman–Crippen LogP) is 0.0487. The van der Waals surface area contributed by atoms with Crippen LogP contribution in [0.25, 0.3) is 0 Å². The molecule has 3 rings (SSSR count). The topological polar surface area (TPSA) is 82.9 Å². The number of amides is 4. The number of nitrogens with zero attached hydrogens (tertiary/aromatic N) is 1. The first-order valence-corrected chi connectivity index (χ1v) is 9.23. The normalized spacial score (nSPS) is 21.0. The second kappa shape index (κ2) is 6.90. The molecule has 24 heavy (non-hydrogen) atoms. The van der Waals surface area contributed by atoms with Crippen molar-refractivity contribution in [2.75, 3.05) is 13.6 Å². The summed E-state index contributed by atoms with van der Waals surface area (Å²) in [6, 6.07) is 1.50. The molecule has 3 N–H and O–H groups in total. The highest BCUT2D eigenvalue weighted by Gasteiger charge is 2.52. The number of imide groups is 1. The van der Waals surface area contributed by atoms with Crippen LogP contribution in [-0.4, -0.2) is 42.0 Å². The Labute approximate surface area is 145 Å². The zero-order valence-electron chi connectivity index (χ0n) is 13.8. The van der Waals surface area contributed by atoms with Gasteiger partial charge in [-0.1, -0.05) is 19.3 Å². The van der Waals surface area contributed by atoms with E-state index in [2.05, 4.69) is 10.7 Å². The van der Waals surface area contributed by atoms with Crippen LogP contribution in [0.3, 0.4) is 0 Å². The van der Waals surface area contributed by atoms with Crippen LogP contribution < -0.4 is 15.6 Å². The molecular formula is C16H23N4O3S+. The Morgan fingerprint density at radius 2 is 2.12 bits per heavy atom. The average Bonchev–Trinajstić information content (AvgIpc) is 3.11. The van der Waals surface area contributed by atoms with Crippen molar-refractivity contribution in [1.29, 1.82) is 0 Å². The fourth-order valence-corrected chi connectivity index (χ4v) is 4.13. The van der Waals surface area contributed by atoms with Crippen molar-refractivity contribution in [3.8, 4) is 0 Å². The number of rotatable bonds is 5. The third-order valence-corrected chi connectivity index (χ3v) is 5.39. The third-order valence-electron chi connectivity index (χ3n) is 4.65. The highest BCUT2D eigenvalue weighted by molar-refractivity contribution is 7.07. The number of carbonyl (C=O) groups excluding carboxylic acids is 3. The summed E-state index contributed by atoms with van der Waals surface area (Å²) < 4.78 is 0. The summed E-state index contributed by atoms with van der Waals surface area (Å²) in [7, 11) is 1.91. The van der Waals surface area contributed by atoms with Gasteiger partial charge < -0.3 is 10.2 Å². The van der Waals surface area contributed by atoms with Crippen molar-refractivity contribution in [1.82, 2.24) is 15.8 Å². The van der Waals surface area contributed by atoms with Crippen molar-refractivity contribution < 1.29 is 19.3 Å². The summed E-state index contributed by atoms with van der Waals surface area (Å²) in [5.41, 5.74) is 2.84. The van der Waals surface area contributed by atoms with Gasteiger partial charge in [0.1, 0.15) is 12.1 Å². The minimum absolute atomic E-state index is 0.194. The number of carbonyl (C=O) groups is 3. The smallest absolute Gasteiger partial charge is 0.326 e. The quantitative estimate of drug-likeness (QED) is 0.656. The Hall–Kier alpha value is -1.93. The molecule has 7 nitrogen and oxygen atoms in total. The lowest BCUT2D eigenvalue weighted by Gasteiger charge is -2.30. The summed E-state index contributed by atoms with van der Waals surface area (Å²) in [5.74, 6) is -0.657. The number of urea groups is 1. The Morgan fingerprint density at radius 1 is 1.38 bits per heavy atom. The Balaban J connectivity index is 1.56. The highest BCUT2D eigenvalue weighted by Crippen LogP contribution is 2.32. The van der Waals surface area contributed by atoms with E-state index in [0.29, 0.717) is 12.8 Å². The Kier molecular flexibility index (Phi) is 4.86. The molecule has 4 amide bonds. The monoisotopic (exact) mass is 351 g/mol. The molecule has 1 spiro atoms. The van der Waals surface area contributed by atoms with E-state index in [1.165, 1.54) is 5.56 Å². The van der Waals surface area contributed by atoms with Crippen LogP contribution in [0.5, 0.6) is 0 Å². The van der Waals surface area contributed by atoms with Gasteiger partial charge in [-0.25, -0.2) is 4.79 Å². The van der Waals surface area contributed by atoms with E-state index in [1.807, 2.05) is 23.9 Å². The standard InChI is InChI=1S/C16H22N4O3S/c1-19(9-12-5-8-24-11-12)10-13(21)18-20-14(22)16(17-15(20)23)6-3-2-4-7-16/h5,8,11H,2-4,6-7,9-10H2,1H3,(H,17,23)(H,18,21)/p+1. The van der Waals surface area contributed by atoms with E-state index in [9.17, 15) is 14.4 Å². The zero-order chi connectivity index (χ0) is 17.2. The van der Waals surface area contributed by atoms with Gasteiger partial charge in [-0.05, 0) is 29.7 Å². The van der Waals surface area contributed by atoms with Crippen LogP contribution in [0.1, 0.15) is 37.7 Å². The zero-order valence-corrected chi connectivity index (χ0v) is 14.6. The maximum Gasteiger partial charge on any atom is 0.344 e. The van der Waals surface area contributed by atoms with Gasteiger partial charge in [0.15, 0.2) is 6.54 Å². The van der Waals surface area contributed by atoms with E-state index < -0.39 is 11.6 Å². The molecule has 2 aliphatic rings. The van der Waals surface area contributed by atoms with Gasteiger partial charge in [0.05, 0.1) is 7.05 Å². The molecule has 2 fully saturated rings. The van der Waals surface area contributed by atoms with Crippen LogP contribution in [0.4, 0.5) is 4.79 Å². The van der Waals surface area contributed by atoms with Crippen LogP contribution in [0.2, 0.25) is 0 Å². The van der Waals surface area contributed by atoms with E-state index in [4.69, 9.17) is 0 Å². The van der Waals surface area contributed by atoms with Crippen LogP contribution in [0, 0.1) is 0 Å². The van der Waals surface area contributed by atoms with Crippen molar-refractivity contribution in [3.63, 3.8) is 0 Å². The third kappa shape index (κ3) is 3.44. The van der Waals surface area contributed by atoms with Gasteiger partial charge in [0.2, 0.25) is 0 Å². The molecule has 8 heteroatoms. The van der Waals surface area contributed by atoms with Crippen molar-refractivity contribution in [2.45, 2.75) is 44.2 Å². The second-order valence-corrected chi connectivity index (χ2v) is 7.47. The van der Waals surface area contributed by atoms with Crippen LogP contribution in [0.15, 0.2) is 16.8 Å². The maximum atomic E-state index is 12.6. The molecule has 0 radical (unpaired) electrons. The second-order valence-electron chi connectivity index (χ2n) is 6.69. The molecule has 1 saturated carbocycles. The van der Waals surface area contributed by atoms with Crippen molar-refractivity contribution in [3.05, 3.63) is 22.4 Å². The largest absolute Gasteiger partial charge is 0.344 e. The molecule has 1 atom stereocenters. The maximum absolute atomic E-state index is 12.6. The van der Waals surface area contributed by atoms with Gasteiger partial charge in [-0.2, -0.15) is 16.3 Å². The number of thiophene rings is 1. The molecule has 1 aromatic rings. The lowest BCUT2D eigenvalue weighted by atomic mass is 9.82. The lowest BCUT2D eigenvalue weighted by molar-refractivity contribution is -0.885. The number of quaternary nitrogens is 1. The van der Waals surface area contributed by atoms with Gasteiger partial charge in [0.25, 0.3) is 11.8 Å².